The van der Waals surface area contributed by atoms with Crippen molar-refractivity contribution in [2.75, 3.05) is 13.7 Å². The lowest BCUT2D eigenvalue weighted by molar-refractivity contribution is 0.408. The van der Waals surface area contributed by atoms with Crippen LogP contribution in [0.1, 0.15) is 22.8 Å². The van der Waals surface area contributed by atoms with Crippen molar-refractivity contribution < 1.29 is 22.6 Å². The van der Waals surface area contributed by atoms with E-state index in [0.29, 0.717) is 29.0 Å². The second-order valence-corrected chi connectivity index (χ2v) is 8.08. The van der Waals surface area contributed by atoms with Gasteiger partial charge in [0.2, 0.25) is 0 Å². The summed E-state index contributed by atoms with van der Waals surface area (Å²) in [7, 11) is 1.55. The van der Waals surface area contributed by atoms with E-state index in [1.165, 1.54) is 6.07 Å². The number of hydrogen-bond acceptors (Lipinski definition) is 2. The van der Waals surface area contributed by atoms with E-state index >= 15 is 0 Å². The summed E-state index contributed by atoms with van der Waals surface area (Å²) in [6, 6.07) is 22.1. The van der Waals surface area contributed by atoms with Crippen molar-refractivity contribution in [1.82, 2.24) is 0 Å². The first-order valence-electron chi connectivity index (χ1n) is 10.9. The minimum absolute atomic E-state index is 0.124. The minimum atomic E-state index is -0.896. The Morgan fingerprint density at radius 2 is 1.26 bits per heavy atom. The molecular weight excluding hydrogens is 437 g/mol. The maximum Gasteiger partial charge on any atom is 0.167 e. The lowest BCUT2D eigenvalue weighted by Gasteiger charge is -2.10. The molecule has 1 heterocycles. The number of halogens is 3. The molecule has 170 valence electrons. The van der Waals surface area contributed by atoms with Crippen LogP contribution in [0, 0.1) is 17.5 Å². The van der Waals surface area contributed by atoms with Gasteiger partial charge in [-0.25, -0.2) is 13.2 Å². The molecule has 4 aromatic rings. The number of methoxy groups -OCH3 is 1. The van der Waals surface area contributed by atoms with Gasteiger partial charge in [0.05, 0.1) is 13.7 Å². The first kappa shape index (κ1) is 22.0. The van der Waals surface area contributed by atoms with Crippen LogP contribution >= 0.6 is 0 Å². The molecule has 0 aliphatic carbocycles. The SMILES string of the molecule is COc1ccc(-c2ccc(-c3ccc(/C=C/c4ccc(C5CO5)c(F)c4)cc3)c(F)c2F)cc1. The first-order chi connectivity index (χ1) is 16.5. The van der Waals surface area contributed by atoms with Crippen LogP contribution in [0.25, 0.3) is 34.4 Å². The van der Waals surface area contributed by atoms with Crippen molar-refractivity contribution in [3.8, 4) is 28.0 Å². The Balaban J connectivity index is 1.35. The van der Waals surface area contributed by atoms with E-state index < -0.39 is 11.6 Å². The molecule has 1 aliphatic heterocycles. The van der Waals surface area contributed by atoms with Crippen LogP contribution in [0.15, 0.2) is 78.9 Å². The van der Waals surface area contributed by atoms with Crippen LogP contribution in [0.2, 0.25) is 0 Å². The van der Waals surface area contributed by atoms with Crippen molar-refractivity contribution in [1.29, 1.82) is 0 Å². The van der Waals surface area contributed by atoms with Gasteiger partial charge in [0.25, 0.3) is 0 Å². The molecule has 1 unspecified atom stereocenters. The molecule has 0 amide bonds. The average molecular weight is 458 g/mol. The summed E-state index contributed by atoms with van der Waals surface area (Å²) in [5.41, 5.74) is 3.67. The summed E-state index contributed by atoms with van der Waals surface area (Å²) in [6.45, 7) is 0.563. The van der Waals surface area contributed by atoms with Gasteiger partial charge < -0.3 is 9.47 Å². The largest absolute Gasteiger partial charge is 0.497 e. The topological polar surface area (TPSA) is 21.8 Å². The number of hydrogen-bond donors (Lipinski definition) is 0. The highest BCUT2D eigenvalue weighted by atomic mass is 19.2. The van der Waals surface area contributed by atoms with Crippen molar-refractivity contribution in [2.24, 2.45) is 0 Å². The first-order valence-corrected chi connectivity index (χ1v) is 10.9. The summed E-state index contributed by atoms with van der Waals surface area (Å²) < 4.78 is 54.2. The number of ether oxygens (including phenoxy) is 2. The maximum absolute atomic E-state index is 14.9. The third kappa shape index (κ3) is 4.47. The molecule has 2 nitrogen and oxygen atoms in total. The Kier molecular flexibility index (Phi) is 5.95. The van der Waals surface area contributed by atoms with Gasteiger partial charge in [-0.05, 0) is 40.5 Å². The molecule has 4 aromatic carbocycles. The second kappa shape index (κ2) is 9.20. The fraction of sp³-hybridized carbons (Fsp3) is 0.103. The van der Waals surface area contributed by atoms with Crippen LogP contribution in [-0.4, -0.2) is 13.7 Å². The standard InChI is InChI=1S/C29H21F3O2/c1-33-22-11-9-21(10-12-22)24-15-14-23(28(31)29(24)32)20-7-4-18(5-8-20)2-3-19-6-13-25(26(30)16-19)27-17-34-27/h2-16,27H,17H2,1H3/b3-2+. The van der Waals surface area contributed by atoms with Crippen LogP contribution in [0.3, 0.4) is 0 Å². The summed E-state index contributed by atoms with van der Waals surface area (Å²) in [4.78, 5) is 0. The normalized spacial score (nSPS) is 15.0. The molecular formula is C29H21F3O2. The second-order valence-electron chi connectivity index (χ2n) is 8.08. The predicted molar refractivity (Wildman–Crippen MR) is 128 cm³/mol. The van der Waals surface area contributed by atoms with Crippen molar-refractivity contribution in [2.45, 2.75) is 6.10 Å². The molecule has 0 saturated carbocycles. The summed E-state index contributed by atoms with van der Waals surface area (Å²) >= 11 is 0. The summed E-state index contributed by atoms with van der Waals surface area (Å²) in [5, 5.41) is 0. The third-order valence-corrected chi connectivity index (χ3v) is 5.88. The van der Waals surface area contributed by atoms with Crippen molar-refractivity contribution >= 4 is 12.2 Å². The van der Waals surface area contributed by atoms with Gasteiger partial charge in [0, 0.05) is 16.7 Å². The van der Waals surface area contributed by atoms with Crippen LogP contribution in [0.4, 0.5) is 13.2 Å². The molecule has 0 radical (unpaired) electrons. The van der Waals surface area contributed by atoms with E-state index in [4.69, 9.17) is 9.47 Å². The van der Waals surface area contributed by atoms with Crippen molar-refractivity contribution in [3.05, 3.63) is 113 Å². The number of benzene rings is 4. The molecule has 1 fully saturated rings. The molecule has 1 aliphatic rings. The van der Waals surface area contributed by atoms with E-state index in [9.17, 15) is 13.2 Å². The molecule has 1 atom stereocenters. The van der Waals surface area contributed by atoms with Gasteiger partial charge in [-0.1, -0.05) is 72.8 Å². The van der Waals surface area contributed by atoms with Gasteiger partial charge in [-0.15, -0.1) is 0 Å². The molecule has 5 rings (SSSR count). The lowest BCUT2D eigenvalue weighted by atomic mass is 9.98. The van der Waals surface area contributed by atoms with Crippen molar-refractivity contribution in [3.63, 3.8) is 0 Å². The van der Waals surface area contributed by atoms with Gasteiger partial charge in [-0.2, -0.15) is 0 Å². The Hall–Kier alpha value is -3.83. The zero-order valence-corrected chi connectivity index (χ0v) is 18.4. The Morgan fingerprint density at radius 1 is 0.735 bits per heavy atom. The average Bonchev–Trinajstić information content (AvgIpc) is 3.70. The molecule has 5 heteroatoms. The minimum Gasteiger partial charge on any atom is -0.497 e. The molecule has 0 spiro atoms. The monoisotopic (exact) mass is 458 g/mol. The van der Waals surface area contributed by atoms with E-state index in [1.807, 2.05) is 24.3 Å². The van der Waals surface area contributed by atoms with Gasteiger partial charge >= 0.3 is 0 Å². The third-order valence-electron chi connectivity index (χ3n) is 5.88. The van der Waals surface area contributed by atoms with E-state index in [-0.39, 0.29) is 23.0 Å². The van der Waals surface area contributed by atoms with Gasteiger partial charge in [0.15, 0.2) is 11.6 Å². The van der Waals surface area contributed by atoms with Crippen LogP contribution < -0.4 is 4.74 Å². The molecule has 0 N–H and O–H groups in total. The highest BCUT2D eigenvalue weighted by molar-refractivity contribution is 5.74. The van der Waals surface area contributed by atoms with Gasteiger partial charge in [0.1, 0.15) is 17.7 Å². The highest BCUT2D eigenvalue weighted by Crippen LogP contribution is 2.33. The molecule has 0 bridgehead atoms. The van der Waals surface area contributed by atoms with Crippen LogP contribution in [-0.2, 0) is 4.74 Å². The zero-order valence-electron chi connectivity index (χ0n) is 18.4. The summed E-state index contributed by atoms with van der Waals surface area (Å²) in [6.07, 6.45) is 3.52. The van der Waals surface area contributed by atoms with E-state index in [2.05, 4.69) is 0 Å². The molecule has 34 heavy (non-hydrogen) atoms. The number of rotatable bonds is 6. The Bertz CT molecular complexity index is 1360. The lowest BCUT2D eigenvalue weighted by Crippen LogP contribution is -1.94. The zero-order chi connectivity index (χ0) is 23.7. The quantitative estimate of drug-likeness (QED) is 0.218. The molecule has 1 saturated heterocycles. The molecule has 0 aromatic heterocycles. The summed E-state index contributed by atoms with van der Waals surface area (Å²) in [5.74, 6) is -1.43. The number of epoxide rings is 1. The predicted octanol–water partition coefficient (Wildman–Crippen LogP) is 7.69. The van der Waals surface area contributed by atoms with E-state index in [1.54, 1.807) is 67.8 Å². The van der Waals surface area contributed by atoms with Crippen LogP contribution in [0.5, 0.6) is 5.75 Å². The fourth-order valence-electron chi connectivity index (χ4n) is 3.87. The smallest absolute Gasteiger partial charge is 0.167 e. The van der Waals surface area contributed by atoms with Gasteiger partial charge in [-0.3, -0.25) is 0 Å². The highest BCUT2D eigenvalue weighted by Gasteiger charge is 2.27. The maximum atomic E-state index is 14.9. The van der Waals surface area contributed by atoms with E-state index in [0.717, 1.165) is 11.1 Å². The fourth-order valence-corrected chi connectivity index (χ4v) is 3.87. The Labute approximate surface area is 195 Å². The Morgan fingerprint density at radius 3 is 1.79 bits per heavy atom.